The highest BCUT2D eigenvalue weighted by Gasteiger charge is 2.20. The average molecular weight is 337 g/mol. The molecule has 0 bridgehead atoms. The highest BCUT2D eigenvalue weighted by atomic mass is 79.9. The van der Waals surface area contributed by atoms with Gasteiger partial charge in [-0.2, -0.15) is 0 Å². The molecule has 0 spiro atoms. The number of hydroxylamine groups is 1. The van der Waals surface area contributed by atoms with Gasteiger partial charge < -0.3 is 4.90 Å². The fourth-order valence-corrected chi connectivity index (χ4v) is 2.91. The van der Waals surface area contributed by atoms with E-state index in [0.717, 1.165) is 41.7 Å². The third-order valence-electron chi connectivity index (χ3n) is 3.71. The van der Waals surface area contributed by atoms with Crippen molar-refractivity contribution in [3.05, 3.63) is 46.1 Å². The zero-order chi connectivity index (χ0) is 13.9. The molecule has 1 unspecified atom stereocenters. The number of likely N-dealkylation sites (tertiary alicyclic amines) is 1. The molecule has 1 fully saturated rings. The summed E-state index contributed by atoms with van der Waals surface area (Å²) in [4.78, 5) is 19.7. The first-order valence-corrected chi connectivity index (χ1v) is 7.71. The van der Waals surface area contributed by atoms with E-state index in [4.69, 9.17) is 4.84 Å². The third-order valence-corrected chi connectivity index (χ3v) is 4.14. The second kappa shape index (κ2) is 5.97. The van der Waals surface area contributed by atoms with Gasteiger partial charge in [0, 0.05) is 18.7 Å². The van der Waals surface area contributed by atoms with E-state index in [1.54, 1.807) is 0 Å². The van der Waals surface area contributed by atoms with Crippen LogP contribution in [-0.4, -0.2) is 23.9 Å². The molecule has 1 aromatic rings. The van der Waals surface area contributed by atoms with E-state index < -0.39 is 0 Å². The zero-order valence-electron chi connectivity index (χ0n) is 11.1. The fourth-order valence-electron chi connectivity index (χ4n) is 2.58. The van der Waals surface area contributed by atoms with E-state index in [0.29, 0.717) is 0 Å². The molecule has 5 heteroatoms. The Morgan fingerprint density at radius 2 is 1.90 bits per heavy atom. The lowest BCUT2D eigenvalue weighted by Gasteiger charge is -2.26. The molecule has 2 aliphatic rings. The van der Waals surface area contributed by atoms with Crippen LogP contribution in [0.3, 0.4) is 0 Å². The number of nitrogens with one attached hydrogen (secondary N) is 1. The Morgan fingerprint density at radius 1 is 1.20 bits per heavy atom. The minimum Gasteiger partial charge on any atom is -0.339 e. The molecule has 0 aromatic heterocycles. The molecular weight excluding hydrogens is 320 g/mol. The number of hydrogen-bond donors (Lipinski definition) is 1. The molecule has 0 aliphatic carbocycles. The van der Waals surface area contributed by atoms with Crippen LogP contribution in [0.4, 0.5) is 0 Å². The van der Waals surface area contributed by atoms with E-state index in [-0.39, 0.29) is 12.0 Å². The molecule has 1 saturated heterocycles. The van der Waals surface area contributed by atoms with Crippen molar-refractivity contribution in [3.63, 3.8) is 0 Å². The molecule has 1 N–H and O–H groups in total. The highest BCUT2D eigenvalue weighted by molar-refractivity contribution is 9.11. The summed E-state index contributed by atoms with van der Waals surface area (Å²) < 4.78 is 0.830. The van der Waals surface area contributed by atoms with Crippen molar-refractivity contribution in [2.24, 2.45) is 0 Å². The monoisotopic (exact) mass is 336 g/mol. The normalized spacial score (nSPS) is 22.4. The van der Waals surface area contributed by atoms with Gasteiger partial charge in [-0.3, -0.25) is 15.1 Å². The van der Waals surface area contributed by atoms with E-state index in [9.17, 15) is 4.79 Å². The molecule has 1 aromatic carbocycles. The lowest BCUT2D eigenvalue weighted by atomic mass is 10.0. The number of carbonyl (C=O) groups excluding carboxylic acids is 1. The Kier molecular flexibility index (Phi) is 4.08. The summed E-state index contributed by atoms with van der Waals surface area (Å²) >= 11 is 3.33. The van der Waals surface area contributed by atoms with Gasteiger partial charge >= 0.3 is 0 Å². The summed E-state index contributed by atoms with van der Waals surface area (Å²) in [5, 5.41) is 0. The lowest BCUT2D eigenvalue weighted by Crippen LogP contribution is -2.35. The molecule has 20 heavy (non-hydrogen) atoms. The number of amides is 1. The van der Waals surface area contributed by atoms with Crippen molar-refractivity contribution in [2.75, 3.05) is 13.1 Å². The summed E-state index contributed by atoms with van der Waals surface area (Å²) in [5.74, 6) is 0.137. The van der Waals surface area contributed by atoms with Crippen LogP contribution in [0.25, 0.3) is 0 Å². The Morgan fingerprint density at radius 3 is 2.50 bits per heavy atom. The van der Waals surface area contributed by atoms with Gasteiger partial charge in [0.05, 0.1) is 0 Å². The van der Waals surface area contributed by atoms with Crippen molar-refractivity contribution < 1.29 is 9.63 Å². The Hall–Kier alpha value is -1.33. The molecule has 2 aliphatic heterocycles. The molecular formula is C15H17BrN2O2. The van der Waals surface area contributed by atoms with Crippen LogP contribution < -0.4 is 5.48 Å². The van der Waals surface area contributed by atoms with Crippen molar-refractivity contribution >= 4 is 21.8 Å². The fraction of sp³-hybridized carbons (Fsp3) is 0.400. The lowest BCUT2D eigenvalue weighted by molar-refractivity contribution is 0.0457. The number of halogens is 1. The average Bonchev–Trinajstić information content (AvgIpc) is 2.94. The summed E-state index contributed by atoms with van der Waals surface area (Å²) in [6, 6.07) is 7.67. The molecule has 3 rings (SSSR count). The van der Waals surface area contributed by atoms with Gasteiger partial charge in [-0.15, -0.1) is 0 Å². The molecule has 106 valence electrons. The number of piperidine rings is 1. The maximum atomic E-state index is 12.3. The van der Waals surface area contributed by atoms with Crippen molar-refractivity contribution in [2.45, 2.75) is 25.4 Å². The van der Waals surface area contributed by atoms with Crippen LogP contribution in [0.5, 0.6) is 0 Å². The maximum absolute atomic E-state index is 12.3. The maximum Gasteiger partial charge on any atom is 0.253 e. The van der Waals surface area contributed by atoms with Gasteiger partial charge in [0.2, 0.25) is 0 Å². The highest BCUT2D eigenvalue weighted by Crippen LogP contribution is 2.26. The van der Waals surface area contributed by atoms with Gasteiger partial charge in [-0.05, 0) is 59.0 Å². The number of nitrogens with zero attached hydrogens (tertiary/aromatic N) is 1. The molecule has 0 radical (unpaired) electrons. The molecule has 1 atom stereocenters. The third kappa shape index (κ3) is 2.88. The van der Waals surface area contributed by atoms with E-state index in [2.05, 4.69) is 21.4 Å². The van der Waals surface area contributed by atoms with Gasteiger partial charge in [0.1, 0.15) is 10.7 Å². The largest absolute Gasteiger partial charge is 0.339 e. The van der Waals surface area contributed by atoms with E-state index >= 15 is 0 Å². The number of carbonyl (C=O) groups is 1. The van der Waals surface area contributed by atoms with Crippen molar-refractivity contribution in [1.82, 2.24) is 10.4 Å². The second-order valence-corrected chi connectivity index (χ2v) is 5.98. The van der Waals surface area contributed by atoms with Crippen LogP contribution in [0.15, 0.2) is 34.9 Å². The number of hydrogen-bond acceptors (Lipinski definition) is 3. The smallest absolute Gasteiger partial charge is 0.253 e. The SMILES string of the molecule is O=C(c1ccc(C2C=C(Br)NO2)cc1)N1CCCCC1. The first-order valence-electron chi connectivity index (χ1n) is 6.92. The van der Waals surface area contributed by atoms with E-state index in [1.807, 2.05) is 35.2 Å². The Bertz CT molecular complexity index is 521. The molecule has 1 amide bonds. The quantitative estimate of drug-likeness (QED) is 0.843. The Balaban J connectivity index is 1.71. The first-order chi connectivity index (χ1) is 9.74. The van der Waals surface area contributed by atoms with Crippen LogP contribution in [-0.2, 0) is 4.84 Å². The van der Waals surface area contributed by atoms with Gasteiger partial charge in [-0.1, -0.05) is 12.1 Å². The van der Waals surface area contributed by atoms with Crippen LogP contribution >= 0.6 is 15.9 Å². The predicted octanol–water partition coefficient (Wildman–Crippen LogP) is 3.12. The molecule has 0 saturated carbocycles. The van der Waals surface area contributed by atoms with Gasteiger partial charge in [0.15, 0.2) is 0 Å². The number of benzene rings is 1. The second-order valence-electron chi connectivity index (χ2n) is 5.13. The van der Waals surface area contributed by atoms with Gasteiger partial charge in [0.25, 0.3) is 5.91 Å². The number of rotatable bonds is 2. The predicted molar refractivity (Wildman–Crippen MR) is 80.2 cm³/mol. The first kappa shape index (κ1) is 13.6. The summed E-state index contributed by atoms with van der Waals surface area (Å²) in [7, 11) is 0. The van der Waals surface area contributed by atoms with Crippen LogP contribution in [0.1, 0.15) is 41.3 Å². The topological polar surface area (TPSA) is 41.6 Å². The standard InChI is InChI=1S/C15H17BrN2O2/c16-14-10-13(20-17-14)11-4-6-12(7-5-11)15(19)18-8-2-1-3-9-18/h4-7,10,13,17H,1-3,8-9H2. The van der Waals surface area contributed by atoms with Crippen molar-refractivity contribution in [1.29, 1.82) is 0 Å². The molecule has 4 nitrogen and oxygen atoms in total. The summed E-state index contributed by atoms with van der Waals surface area (Å²) in [5.41, 5.74) is 4.54. The summed E-state index contributed by atoms with van der Waals surface area (Å²) in [6.07, 6.45) is 5.30. The van der Waals surface area contributed by atoms with Crippen LogP contribution in [0.2, 0.25) is 0 Å². The van der Waals surface area contributed by atoms with Crippen LogP contribution in [0, 0.1) is 0 Å². The minimum absolute atomic E-state index is 0.108. The molecule has 2 heterocycles. The Labute approximate surface area is 126 Å². The minimum atomic E-state index is -0.108. The summed E-state index contributed by atoms with van der Waals surface area (Å²) in [6.45, 7) is 1.76. The van der Waals surface area contributed by atoms with E-state index in [1.165, 1.54) is 6.42 Å². The van der Waals surface area contributed by atoms with Gasteiger partial charge in [-0.25, -0.2) is 0 Å². The zero-order valence-corrected chi connectivity index (χ0v) is 12.7. The van der Waals surface area contributed by atoms with Crippen molar-refractivity contribution in [3.8, 4) is 0 Å².